The molecule has 0 aliphatic carbocycles. The van der Waals surface area contributed by atoms with Crippen LogP contribution in [0, 0.1) is 0 Å². The summed E-state index contributed by atoms with van der Waals surface area (Å²) in [7, 11) is 2.00. The van der Waals surface area contributed by atoms with Crippen LogP contribution in [0.25, 0.3) is 0 Å². The second-order valence-electron chi connectivity index (χ2n) is 3.95. The molecule has 1 aromatic heterocycles. The number of rotatable bonds is 6. The van der Waals surface area contributed by atoms with Crippen molar-refractivity contribution in [2.45, 2.75) is 11.4 Å². The molecule has 0 spiro atoms. The number of hydrogen-bond donors (Lipinski definition) is 1. The number of aromatic nitrogens is 2. The molecule has 18 heavy (non-hydrogen) atoms. The predicted molar refractivity (Wildman–Crippen MR) is 77.9 cm³/mol. The van der Waals surface area contributed by atoms with Crippen LogP contribution >= 0.6 is 11.8 Å². The fraction of sp³-hybridized carbons (Fsp3) is 0.214. The van der Waals surface area contributed by atoms with Gasteiger partial charge in [-0.05, 0) is 12.1 Å². The molecular formula is C14H17N3S. The lowest BCUT2D eigenvalue weighted by Gasteiger charge is -2.11. The molecule has 0 saturated heterocycles. The third kappa shape index (κ3) is 3.17. The van der Waals surface area contributed by atoms with Crippen LogP contribution in [0.15, 0.2) is 54.3 Å². The van der Waals surface area contributed by atoms with Crippen LogP contribution in [0.3, 0.4) is 0 Å². The smallest absolute Gasteiger partial charge is 0.0946 e. The van der Waals surface area contributed by atoms with E-state index in [9.17, 15) is 0 Å². The Hall–Kier alpha value is -1.68. The first kappa shape index (κ1) is 12.8. The van der Waals surface area contributed by atoms with Gasteiger partial charge in [0.1, 0.15) is 0 Å². The SMILES string of the molecule is C=CCSc1ccccc1NCc1cncn1C. The van der Waals surface area contributed by atoms with Crippen LogP contribution < -0.4 is 5.32 Å². The molecule has 1 heterocycles. The summed E-state index contributed by atoms with van der Waals surface area (Å²) in [6.07, 6.45) is 5.62. The van der Waals surface area contributed by atoms with Gasteiger partial charge in [0.05, 0.1) is 18.6 Å². The highest BCUT2D eigenvalue weighted by Gasteiger charge is 2.03. The van der Waals surface area contributed by atoms with E-state index in [0.717, 1.165) is 18.0 Å². The fourth-order valence-electron chi connectivity index (χ4n) is 1.63. The minimum atomic E-state index is 0.780. The number of nitrogens with one attached hydrogen (secondary N) is 1. The Bertz CT molecular complexity index is 519. The molecule has 0 radical (unpaired) electrons. The van der Waals surface area contributed by atoms with Crippen molar-refractivity contribution in [3.8, 4) is 0 Å². The van der Waals surface area contributed by atoms with Crippen molar-refractivity contribution in [1.82, 2.24) is 9.55 Å². The molecule has 0 fully saturated rings. The van der Waals surface area contributed by atoms with Gasteiger partial charge in [0.25, 0.3) is 0 Å². The summed E-state index contributed by atoms with van der Waals surface area (Å²) >= 11 is 1.79. The molecule has 0 aliphatic rings. The standard InChI is InChI=1S/C14H17N3S/c1-3-8-18-14-7-5-4-6-13(14)16-10-12-9-15-11-17(12)2/h3-7,9,11,16H,1,8,10H2,2H3. The lowest BCUT2D eigenvalue weighted by Crippen LogP contribution is -2.04. The van der Waals surface area contributed by atoms with E-state index in [4.69, 9.17) is 0 Å². The third-order valence-corrected chi connectivity index (χ3v) is 3.69. The molecule has 0 unspecified atom stereocenters. The molecular weight excluding hydrogens is 242 g/mol. The number of benzene rings is 1. The molecule has 1 aromatic carbocycles. The minimum absolute atomic E-state index is 0.780. The topological polar surface area (TPSA) is 29.9 Å². The molecule has 1 N–H and O–H groups in total. The van der Waals surface area contributed by atoms with Gasteiger partial charge in [-0.2, -0.15) is 0 Å². The van der Waals surface area contributed by atoms with Crippen molar-refractivity contribution in [2.75, 3.05) is 11.1 Å². The molecule has 0 bridgehead atoms. The highest BCUT2D eigenvalue weighted by Crippen LogP contribution is 2.27. The molecule has 2 aromatic rings. The molecule has 4 heteroatoms. The van der Waals surface area contributed by atoms with Crippen LogP contribution in [0.5, 0.6) is 0 Å². The maximum atomic E-state index is 4.11. The lowest BCUT2D eigenvalue weighted by molar-refractivity contribution is 0.836. The summed E-state index contributed by atoms with van der Waals surface area (Å²) in [5.74, 6) is 0.921. The predicted octanol–water partition coefficient (Wildman–Crippen LogP) is 3.31. The van der Waals surface area contributed by atoms with E-state index in [1.54, 1.807) is 11.8 Å². The van der Waals surface area contributed by atoms with Gasteiger partial charge in [-0.15, -0.1) is 18.3 Å². The van der Waals surface area contributed by atoms with Crippen molar-refractivity contribution in [2.24, 2.45) is 7.05 Å². The first-order chi connectivity index (χ1) is 8.81. The molecule has 0 aliphatic heterocycles. The van der Waals surface area contributed by atoms with E-state index in [-0.39, 0.29) is 0 Å². The maximum Gasteiger partial charge on any atom is 0.0946 e. The van der Waals surface area contributed by atoms with Gasteiger partial charge >= 0.3 is 0 Å². The lowest BCUT2D eigenvalue weighted by atomic mass is 10.3. The van der Waals surface area contributed by atoms with Crippen LogP contribution in [0.1, 0.15) is 5.69 Å². The normalized spacial score (nSPS) is 10.3. The van der Waals surface area contributed by atoms with Crippen LogP contribution in [0.2, 0.25) is 0 Å². The number of anilines is 1. The van der Waals surface area contributed by atoms with E-state index in [0.29, 0.717) is 0 Å². The van der Waals surface area contributed by atoms with Gasteiger partial charge in [-0.25, -0.2) is 4.98 Å². The Morgan fingerprint density at radius 2 is 2.28 bits per heavy atom. The summed E-state index contributed by atoms with van der Waals surface area (Å²) in [6.45, 7) is 4.53. The van der Waals surface area contributed by atoms with Gasteiger partial charge < -0.3 is 9.88 Å². The molecule has 0 amide bonds. The Kier molecular flexibility index (Phi) is 4.47. The number of aryl methyl sites for hydroxylation is 1. The average molecular weight is 259 g/mol. The van der Waals surface area contributed by atoms with Crippen molar-refractivity contribution >= 4 is 17.4 Å². The zero-order chi connectivity index (χ0) is 12.8. The van der Waals surface area contributed by atoms with Gasteiger partial charge in [-0.1, -0.05) is 18.2 Å². The quantitative estimate of drug-likeness (QED) is 0.637. The minimum Gasteiger partial charge on any atom is -0.379 e. The molecule has 0 atom stereocenters. The summed E-state index contributed by atoms with van der Waals surface area (Å²) in [5, 5.41) is 3.45. The second kappa shape index (κ2) is 6.31. The number of thioether (sulfide) groups is 1. The average Bonchev–Trinajstić information content (AvgIpc) is 2.80. The number of imidazole rings is 1. The highest BCUT2D eigenvalue weighted by molar-refractivity contribution is 7.99. The first-order valence-corrected chi connectivity index (χ1v) is 6.81. The van der Waals surface area contributed by atoms with Crippen molar-refractivity contribution in [1.29, 1.82) is 0 Å². The molecule has 94 valence electrons. The zero-order valence-electron chi connectivity index (χ0n) is 10.5. The van der Waals surface area contributed by atoms with Gasteiger partial charge in [0.15, 0.2) is 0 Å². The van der Waals surface area contributed by atoms with E-state index in [2.05, 4.69) is 35.1 Å². The van der Waals surface area contributed by atoms with Gasteiger partial charge in [0, 0.05) is 29.6 Å². The van der Waals surface area contributed by atoms with Crippen molar-refractivity contribution in [3.63, 3.8) is 0 Å². The summed E-state index contributed by atoms with van der Waals surface area (Å²) in [4.78, 5) is 5.36. The van der Waals surface area contributed by atoms with E-state index < -0.39 is 0 Å². The second-order valence-corrected chi connectivity index (χ2v) is 5.01. The van der Waals surface area contributed by atoms with Crippen LogP contribution in [-0.4, -0.2) is 15.3 Å². The Balaban J connectivity index is 2.04. The largest absolute Gasteiger partial charge is 0.379 e. The monoisotopic (exact) mass is 259 g/mol. The Morgan fingerprint density at radius 1 is 1.44 bits per heavy atom. The maximum absolute atomic E-state index is 4.11. The van der Waals surface area contributed by atoms with Gasteiger partial charge in [0.2, 0.25) is 0 Å². The van der Waals surface area contributed by atoms with Crippen LogP contribution in [0.4, 0.5) is 5.69 Å². The third-order valence-electron chi connectivity index (χ3n) is 2.62. The van der Waals surface area contributed by atoms with E-state index in [1.165, 1.54) is 10.6 Å². The Labute approximate surface area is 112 Å². The van der Waals surface area contributed by atoms with Crippen molar-refractivity contribution in [3.05, 3.63) is 55.1 Å². The number of hydrogen-bond acceptors (Lipinski definition) is 3. The summed E-state index contributed by atoms with van der Waals surface area (Å²) in [5.41, 5.74) is 2.32. The molecule has 0 saturated carbocycles. The highest BCUT2D eigenvalue weighted by atomic mass is 32.2. The zero-order valence-corrected chi connectivity index (χ0v) is 11.3. The van der Waals surface area contributed by atoms with Crippen LogP contribution in [-0.2, 0) is 13.6 Å². The molecule has 3 nitrogen and oxygen atoms in total. The fourth-order valence-corrected chi connectivity index (χ4v) is 2.40. The number of para-hydroxylation sites is 1. The van der Waals surface area contributed by atoms with Gasteiger partial charge in [-0.3, -0.25) is 0 Å². The summed E-state index contributed by atoms with van der Waals surface area (Å²) < 4.78 is 2.02. The summed E-state index contributed by atoms with van der Waals surface area (Å²) in [6, 6.07) is 8.33. The first-order valence-electron chi connectivity index (χ1n) is 5.83. The molecule has 2 rings (SSSR count). The van der Waals surface area contributed by atoms with E-state index in [1.807, 2.05) is 36.3 Å². The van der Waals surface area contributed by atoms with E-state index >= 15 is 0 Å². The van der Waals surface area contributed by atoms with Crippen molar-refractivity contribution < 1.29 is 0 Å². The Morgan fingerprint density at radius 3 is 3.00 bits per heavy atom. The number of nitrogens with zero attached hydrogens (tertiary/aromatic N) is 2.